The van der Waals surface area contributed by atoms with E-state index < -0.39 is 0 Å². The molecule has 0 saturated carbocycles. The first kappa shape index (κ1) is 10.6. The van der Waals surface area contributed by atoms with Crippen LogP contribution < -0.4 is 4.89 Å². The van der Waals surface area contributed by atoms with Crippen LogP contribution in [-0.2, 0) is 11.5 Å². The number of rotatable bonds is 1. The molecule has 92 valence electrons. The molecule has 2 aromatic carbocycles. The second kappa shape index (κ2) is 4.11. The molecule has 0 saturated heterocycles. The lowest BCUT2D eigenvalue weighted by molar-refractivity contribution is -0.194. The average Bonchev–Trinajstić information content (AvgIpc) is 3.06. The Morgan fingerprint density at radius 3 is 2.95 bits per heavy atom. The van der Waals surface area contributed by atoms with E-state index in [1.807, 2.05) is 6.07 Å². The minimum atomic E-state index is 0.537. The summed E-state index contributed by atoms with van der Waals surface area (Å²) in [4.78, 5) is 10.1. The van der Waals surface area contributed by atoms with E-state index >= 15 is 0 Å². The number of hydrogen-bond donors (Lipinski definition) is 0. The third-order valence-corrected chi connectivity index (χ3v) is 3.49. The third-order valence-electron chi connectivity index (χ3n) is 3.49. The van der Waals surface area contributed by atoms with Gasteiger partial charge in [-0.3, -0.25) is 0 Å². The second-order valence-corrected chi connectivity index (χ2v) is 4.73. The maximum atomic E-state index is 5.13. The van der Waals surface area contributed by atoms with E-state index in [4.69, 9.17) is 9.78 Å². The lowest BCUT2D eigenvalue weighted by Crippen LogP contribution is -1.83. The van der Waals surface area contributed by atoms with E-state index in [0.717, 1.165) is 16.9 Å². The maximum Gasteiger partial charge on any atom is 0.171 e. The summed E-state index contributed by atoms with van der Waals surface area (Å²) in [6.07, 6.45) is 6.47. The van der Waals surface area contributed by atoms with Crippen molar-refractivity contribution >= 4 is 17.7 Å². The fourth-order valence-electron chi connectivity index (χ4n) is 2.49. The molecule has 2 heteroatoms. The van der Waals surface area contributed by atoms with Gasteiger partial charge in [-0.2, -0.15) is 4.89 Å². The molecule has 0 fully saturated rings. The molecule has 0 atom stereocenters. The normalized spacial score (nSPS) is 17.4. The van der Waals surface area contributed by atoms with Crippen molar-refractivity contribution in [2.24, 2.45) is 0 Å². The lowest BCUT2D eigenvalue weighted by atomic mass is 10.0. The first-order valence-corrected chi connectivity index (χ1v) is 6.32. The topological polar surface area (TPSA) is 18.5 Å². The van der Waals surface area contributed by atoms with Crippen molar-refractivity contribution in [3.8, 4) is 5.75 Å². The van der Waals surface area contributed by atoms with Crippen molar-refractivity contribution in [3.63, 3.8) is 0 Å². The minimum Gasteiger partial charge on any atom is -0.337 e. The first-order chi connectivity index (χ1) is 9.40. The molecule has 0 bridgehead atoms. The Kier molecular flexibility index (Phi) is 2.29. The summed E-state index contributed by atoms with van der Waals surface area (Å²) >= 11 is 0. The fourth-order valence-corrected chi connectivity index (χ4v) is 2.49. The van der Waals surface area contributed by atoms with Crippen LogP contribution in [-0.4, -0.2) is 0 Å². The van der Waals surface area contributed by atoms with Gasteiger partial charge in [0.25, 0.3) is 0 Å². The molecule has 0 unspecified atom stereocenters. The zero-order valence-corrected chi connectivity index (χ0v) is 10.3. The lowest BCUT2D eigenvalue weighted by Gasteiger charge is -2.02. The van der Waals surface area contributed by atoms with Gasteiger partial charge in [0, 0.05) is 5.56 Å². The van der Waals surface area contributed by atoms with Crippen molar-refractivity contribution in [1.82, 2.24) is 0 Å². The predicted molar refractivity (Wildman–Crippen MR) is 75.2 cm³/mol. The van der Waals surface area contributed by atoms with Gasteiger partial charge < -0.3 is 4.89 Å². The Morgan fingerprint density at radius 2 is 1.95 bits per heavy atom. The Labute approximate surface area is 111 Å². The van der Waals surface area contributed by atoms with Crippen LogP contribution in [0.25, 0.3) is 17.7 Å². The smallest absolute Gasteiger partial charge is 0.171 e. The molecule has 0 amide bonds. The monoisotopic (exact) mass is 248 g/mol. The molecule has 2 aliphatic rings. The van der Waals surface area contributed by atoms with Gasteiger partial charge in [0.05, 0.1) is 0 Å². The number of fused-ring (bicyclic) bond motifs is 2. The van der Waals surface area contributed by atoms with Crippen LogP contribution in [0.15, 0.2) is 48.5 Å². The summed E-state index contributed by atoms with van der Waals surface area (Å²) in [7, 11) is 0. The molecule has 0 spiro atoms. The molecule has 2 nitrogen and oxygen atoms in total. The molecule has 0 radical (unpaired) electrons. The highest BCUT2D eigenvalue weighted by atomic mass is 17.2. The summed E-state index contributed by atoms with van der Waals surface area (Å²) in [6, 6.07) is 14.6. The van der Waals surface area contributed by atoms with Gasteiger partial charge in [-0.15, -0.1) is 0 Å². The van der Waals surface area contributed by atoms with E-state index in [9.17, 15) is 0 Å². The Morgan fingerprint density at radius 1 is 1.00 bits per heavy atom. The van der Waals surface area contributed by atoms with Gasteiger partial charge in [0.15, 0.2) is 5.75 Å². The summed E-state index contributed by atoms with van der Waals surface area (Å²) in [6.45, 7) is 0.537. The highest BCUT2D eigenvalue weighted by Crippen LogP contribution is 2.32. The van der Waals surface area contributed by atoms with Gasteiger partial charge >= 0.3 is 0 Å². The first-order valence-electron chi connectivity index (χ1n) is 6.32. The summed E-state index contributed by atoms with van der Waals surface area (Å²) in [5.74, 6) is 0.824. The van der Waals surface area contributed by atoms with Crippen molar-refractivity contribution in [3.05, 3.63) is 70.8 Å². The molecule has 0 aromatic heterocycles. The second-order valence-electron chi connectivity index (χ2n) is 4.73. The Hall–Kier alpha value is -2.32. The molecular weight excluding hydrogens is 236 g/mol. The fraction of sp³-hybridized carbons (Fsp3) is 0.0588. The van der Waals surface area contributed by atoms with Gasteiger partial charge in [0.1, 0.15) is 6.61 Å². The van der Waals surface area contributed by atoms with E-state index in [1.165, 1.54) is 16.7 Å². The number of hydrogen-bond acceptors (Lipinski definition) is 2. The van der Waals surface area contributed by atoms with Crippen molar-refractivity contribution < 1.29 is 9.78 Å². The summed E-state index contributed by atoms with van der Waals surface area (Å²) in [5.41, 5.74) is 6.01. The summed E-state index contributed by atoms with van der Waals surface area (Å²) < 4.78 is 0. The summed E-state index contributed by atoms with van der Waals surface area (Å²) in [5, 5.41) is 0. The molecule has 1 heterocycles. The maximum absolute atomic E-state index is 5.13. The van der Waals surface area contributed by atoms with Gasteiger partial charge in [-0.05, 0) is 34.4 Å². The molecule has 2 aromatic rings. The highest BCUT2D eigenvalue weighted by molar-refractivity contribution is 5.97. The van der Waals surface area contributed by atoms with Gasteiger partial charge in [-0.1, -0.05) is 48.6 Å². The molecule has 1 aliphatic carbocycles. The predicted octanol–water partition coefficient (Wildman–Crippen LogP) is 4.08. The highest BCUT2D eigenvalue weighted by Gasteiger charge is 2.14. The van der Waals surface area contributed by atoms with Crippen LogP contribution in [0.4, 0.5) is 0 Å². The Balaban J connectivity index is 1.76. The van der Waals surface area contributed by atoms with Gasteiger partial charge in [-0.25, -0.2) is 0 Å². The van der Waals surface area contributed by atoms with E-state index in [0.29, 0.717) is 6.61 Å². The largest absolute Gasteiger partial charge is 0.337 e. The van der Waals surface area contributed by atoms with E-state index in [-0.39, 0.29) is 0 Å². The molecule has 1 aliphatic heterocycles. The van der Waals surface area contributed by atoms with E-state index in [2.05, 4.69) is 54.6 Å². The van der Waals surface area contributed by atoms with Crippen LogP contribution in [0, 0.1) is 0 Å². The van der Waals surface area contributed by atoms with Crippen molar-refractivity contribution in [1.29, 1.82) is 0 Å². The zero-order valence-electron chi connectivity index (χ0n) is 10.3. The Bertz CT molecular complexity index is 711. The standard InChI is InChI=1S/C17H12O2/c1-2-4-16-13(3-1)7-8-14(16)9-12-5-6-15-11-18-19-17(15)10-12/h1-10H,11H2/b14-9-. The average molecular weight is 248 g/mol. The molecule has 19 heavy (non-hydrogen) atoms. The van der Waals surface area contributed by atoms with Gasteiger partial charge in [0.2, 0.25) is 0 Å². The van der Waals surface area contributed by atoms with E-state index in [1.54, 1.807) is 0 Å². The van der Waals surface area contributed by atoms with Crippen LogP contribution in [0.5, 0.6) is 5.75 Å². The minimum absolute atomic E-state index is 0.537. The van der Waals surface area contributed by atoms with Crippen LogP contribution in [0.3, 0.4) is 0 Å². The molecule has 4 rings (SSSR count). The number of allylic oxidation sites excluding steroid dienone is 2. The van der Waals surface area contributed by atoms with Crippen LogP contribution >= 0.6 is 0 Å². The van der Waals surface area contributed by atoms with Crippen LogP contribution in [0.2, 0.25) is 0 Å². The quantitative estimate of drug-likeness (QED) is 0.708. The SMILES string of the molecule is C1=Cc2ccccc2/C1=C\c1ccc2c(c1)OOC2. The van der Waals surface area contributed by atoms with Crippen molar-refractivity contribution in [2.75, 3.05) is 0 Å². The number of benzene rings is 2. The van der Waals surface area contributed by atoms with Crippen molar-refractivity contribution in [2.45, 2.75) is 6.61 Å². The molecular formula is C17H12O2. The molecule has 0 N–H and O–H groups in total. The third kappa shape index (κ3) is 1.77. The zero-order chi connectivity index (χ0) is 12.7. The van der Waals surface area contributed by atoms with Crippen LogP contribution in [0.1, 0.15) is 22.3 Å².